The van der Waals surface area contributed by atoms with Crippen LogP contribution in [-0.2, 0) is 4.74 Å². The van der Waals surface area contributed by atoms with Crippen molar-refractivity contribution in [3.05, 3.63) is 11.1 Å². The Morgan fingerprint density at radius 2 is 1.15 bits per heavy atom. The molecule has 48 heavy (non-hydrogen) atoms. The van der Waals surface area contributed by atoms with E-state index < -0.39 is 0 Å². The second-order valence-electron chi connectivity index (χ2n) is 19.1. The monoisotopic (exact) mass is 663 g/mol. The van der Waals surface area contributed by atoms with Gasteiger partial charge in [-0.05, 0) is 175 Å². The summed E-state index contributed by atoms with van der Waals surface area (Å²) < 4.78 is 6.57. The van der Waals surface area contributed by atoms with Crippen LogP contribution in [0.3, 0.4) is 0 Å². The second-order valence-corrected chi connectivity index (χ2v) is 19.1. The summed E-state index contributed by atoms with van der Waals surface area (Å²) in [5.41, 5.74) is 10.8. The zero-order chi connectivity index (χ0) is 32.9. The Morgan fingerprint density at radius 1 is 0.542 bits per heavy atom. The molecule has 7 aliphatic carbocycles. The van der Waals surface area contributed by atoms with Gasteiger partial charge >= 0.3 is 0 Å². The van der Waals surface area contributed by atoms with Crippen molar-refractivity contribution in [3.8, 4) is 0 Å². The quantitative estimate of drug-likeness (QED) is 0.191. The molecule has 0 aromatic rings. The average molecular weight is 663 g/mol. The van der Waals surface area contributed by atoms with Gasteiger partial charge in [-0.2, -0.15) is 0 Å². The van der Waals surface area contributed by atoms with E-state index >= 15 is 0 Å². The first-order valence-corrected chi connectivity index (χ1v) is 22.4. The van der Waals surface area contributed by atoms with Gasteiger partial charge in [0.05, 0.1) is 6.10 Å². The number of nitrogens with one attached hydrogen (secondary N) is 1. The summed E-state index contributed by atoms with van der Waals surface area (Å²) in [5, 5.41) is 4.38. The number of nitrogens with two attached hydrogens (primary N) is 1. The molecule has 9 unspecified atom stereocenters. The van der Waals surface area contributed by atoms with Crippen molar-refractivity contribution in [1.82, 2.24) is 5.32 Å². The number of allylic oxidation sites excluding steroid dienone is 2. The molecule has 0 saturated heterocycles. The van der Waals surface area contributed by atoms with Crippen LogP contribution in [0, 0.1) is 53.3 Å². The van der Waals surface area contributed by atoms with Crippen molar-refractivity contribution in [2.75, 3.05) is 0 Å². The molecule has 6 fully saturated rings. The maximum absolute atomic E-state index is 6.78. The molecule has 3 heteroatoms. The highest BCUT2D eigenvalue weighted by Crippen LogP contribution is 2.51. The average Bonchev–Trinajstić information content (AvgIpc) is 3.13. The van der Waals surface area contributed by atoms with E-state index in [-0.39, 0.29) is 6.23 Å². The fourth-order valence-electron chi connectivity index (χ4n) is 13.5. The summed E-state index contributed by atoms with van der Waals surface area (Å²) in [7, 11) is 0. The zero-order valence-electron chi connectivity index (χ0n) is 31.8. The van der Waals surface area contributed by atoms with Crippen molar-refractivity contribution in [2.45, 2.75) is 218 Å². The van der Waals surface area contributed by atoms with E-state index in [1.165, 1.54) is 180 Å². The van der Waals surface area contributed by atoms with Crippen LogP contribution in [0.25, 0.3) is 0 Å². The van der Waals surface area contributed by atoms with Crippen LogP contribution >= 0.6 is 0 Å². The topological polar surface area (TPSA) is 47.3 Å². The summed E-state index contributed by atoms with van der Waals surface area (Å²) in [6, 6.07) is 1.61. The molecule has 3 nitrogen and oxygen atoms in total. The van der Waals surface area contributed by atoms with Crippen LogP contribution < -0.4 is 11.1 Å². The van der Waals surface area contributed by atoms with E-state index in [1.807, 2.05) is 11.1 Å². The molecule has 0 heterocycles. The van der Waals surface area contributed by atoms with Crippen molar-refractivity contribution in [3.63, 3.8) is 0 Å². The van der Waals surface area contributed by atoms with Crippen LogP contribution in [0.4, 0.5) is 0 Å². The van der Waals surface area contributed by atoms with Gasteiger partial charge in [0.2, 0.25) is 0 Å². The molecular weight excluding hydrogens is 585 g/mol. The van der Waals surface area contributed by atoms with Gasteiger partial charge in [0.15, 0.2) is 0 Å². The molecule has 9 atom stereocenters. The summed E-state index contributed by atoms with van der Waals surface area (Å²) in [5.74, 6) is 7.90. The Morgan fingerprint density at radius 3 is 1.88 bits per heavy atom. The third kappa shape index (κ3) is 8.62. The molecule has 0 radical (unpaired) electrons. The van der Waals surface area contributed by atoms with Gasteiger partial charge in [0.25, 0.3) is 0 Å². The molecule has 6 saturated carbocycles. The largest absolute Gasteiger partial charge is 0.360 e. The Kier molecular flexibility index (Phi) is 13.1. The lowest BCUT2D eigenvalue weighted by molar-refractivity contribution is -0.0834. The molecule has 0 aliphatic heterocycles. The van der Waals surface area contributed by atoms with Crippen molar-refractivity contribution >= 4 is 0 Å². The van der Waals surface area contributed by atoms with Crippen molar-refractivity contribution in [1.29, 1.82) is 0 Å². The smallest absolute Gasteiger partial charge is 0.108 e. The molecule has 7 rings (SSSR count). The minimum absolute atomic E-state index is 0.0385. The molecule has 0 spiro atoms. The van der Waals surface area contributed by atoms with Crippen LogP contribution in [-0.4, -0.2) is 24.4 Å². The second kappa shape index (κ2) is 17.4. The molecular formula is C45H78N2O. The maximum atomic E-state index is 6.78. The first kappa shape index (κ1) is 36.0. The Bertz CT molecular complexity index is 1010. The fraction of sp³-hybridized carbons (Fsp3) is 0.956. The highest BCUT2D eigenvalue weighted by Gasteiger charge is 2.41. The summed E-state index contributed by atoms with van der Waals surface area (Å²) >= 11 is 0. The van der Waals surface area contributed by atoms with Gasteiger partial charge in [-0.1, -0.05) is 82.8 Å². The third-order valence-corrected chi connectivity index (χ3v) is 16.3. The standard InChI is InChI=1S/C45H78N2O/c1-31-13-3-5-15-37(31)42-20-10-11-21-43(42)47-36-29-27-34(28-30-36)39-17-7-9-19-41(39)40-18-8-6-16-38(40)33-23-25-35(26-24-33)45(46)48-44-22-12-4-14-32(44)2/h31-37,39,41-45,47H,3-30,46H2,1-2H3. The molecule has 3 N–H and O–H groups in total. The lowest BCUT2D eigenvalue weighted by Crippen LogP contribution is -2.49. The van der Waals surface area contributed by atoms with Gasteiger partial charge in [0, 0.05) is 12.1 Å². The predicted octanol–water partition coefficient (Wildman–Crippen LogP) is 11.9. The third-order valence-electron chi connectivity index (χ3n) is 16.3. The summed E-state index contributed by atoms with van der Waals surface area (Å²) in [6.45, 7) is 4.97. The fourth-order valence-corrected chi connectivity index (χ4v) is 13.5. The highest BCUT2D eigenvalue weighted by molar-refractivity contribution is 5.24. The Labute approximate surface area is 297 Å². The highest BCUT2D eigenvalue weighted by atomic mass is 16.5. The Hall–Kier alpha value is -0.380. The van der Waals surface area contributed by atoms with Crippen LogP contribution in [0.1, 0.15) is 194 Å². The van der Waals surface area contributed by atoms with Crippen LogP contribution in [0.2, 0.25) is 0 Å². The summed E-state index contributed by atoms with van der Waals surface area (Å²) in [4.78, 5) is 0. The first-order chi connectivity index (χ1) is 23.5. The molecule has 0 aromatic carbocycles. The minimum atomic E-state index is -0.0385. The number of hydrogen-bond acceptors (Lipinski definition) is 3. The van der Waals surface area contributed by atoms with E-state index in [0.717, 1.165) is 53.5 Å². The minimum Gasteiger partial charge on any atom is -0.360 e. The van der Waals surface area contributed by atoms with E-state index in [9.17, 15) is 0 Å². The normalized spacial score (nSPS) is 44.3. The van der Waals surface area contributed by atoms with Crippen LogP contribution in [0.15, 0.2) is 11.1 Å². The van der Waals surface area contributed by atoms with Crippen molar-refractivity contribution < 1.29 is 4.74 Å². The summed E-state index contributed by atoms with van der Waals surface area (Å²) in [6.07, 6.45) is 40.5. The van der Waals surface area contributed by atoms with E-state index in [2.05, 4.69) is 19.2 Å². The van der Waals surface area contributed by atoms with Crippen molar-refractivity contribution in [2.24, 2.45) is 59.0 Å². The van der Waals surface area contributed by atoms with Gasteiger partial charge in [0.1, 0.15) is 6.23 Å². The number of rotatable bonds is 9. The molecule has 0 bridgehead atoms. The maximum Gasteiger partial charge on any atom is 0.108 e. The first-order valence-electron chi connectivity index (χ1n) is 22.4. The molecule has 0 amide bonds. The van der Waals surface area contributed by atoms with E-state index in [1.54, 1.807) is 0 Å². The zero-order valence-corrected chi connectivity index (χ0v) is 31.8. The van der Waals surface area contributed by atoms with Crippen LogP contribution in [0.5, 0.6) is 0 Å². The lowest BCUT2D eigenvalue weighted by atomic mass is 9.62. The lowest BCUT2D eigenvalue weighted by Gasteiger charge is -2.46. The Balaban J connectivity index is 0.944. The SMILES string of the molecule is CC1CCCCC1OC(N)C1CCC(C2=C(C3CCCCC3C3CCC(NC4CCCCC4C4CCCCC4C)CC3)CCCC2)CC1. The molecule has 0 aromatic heterocycles. The van der Waals surface area contributed by atoms with Gasteiger partial charge < -0.3 is 15.8 Å². The van der Waals surface area contributed by atoms with Gasteiger partial charge in [-0.15, -0.1) is 0 Å². The van der Waals surface area contributed by atoms with Gasteiger partial charge in [-0.25, -0.2) is 0 Å². The van der Waals surface area contributed by atoms with E-state index in [0.29, 0.717) is 17.9 Å². The predicted molar refractivity (Wildman–Crippen MR) is 203 cm³/mol. The number of ether oxygens (including phenoxy) is 1. The molecule has 7 aliphatic rings. The molecule has 274 valence electrons. The van der Waals surface area contributed by atoms with E-state index in [4.69, 9.17) is 10.5 Å². The van der Waals surface area contributed by atoms with Gasteiger partial charge in [-0.3, -0.25) is 0 Å². The number of hydrogen-bond donors (Lipinski definition) is 2.